The summed E-state index contributed by atoms with van der Waals surface area (Å²) in [5.41, 5.74) is 1.54. The topological polar surface area (TPSA) is 38.0 Å². The number of thiophene rings is 1. The molecule has 0 aliphatic rings. The Bertz CT molecular complexity index is 437. The molecule has 14 heavy (non-hydrogen) atoms. The number of hydrogen-bond donors (Lipinski definition) is 1. The number of rotatable bonds is 2. The number of aliphatic hydroxyl groups excluding tert-OH is 1. The van der Waals surface area contributed by atoms with Crippen LogP contribution in [-0.2, 0) is 7.05 Å². The number of aromatic nitrogens is 2. The van der Waals surface area contributed by atoms with Crippen molar-refractivity contribution in [2.75, 3.05) is 0 Å². The van der Waals surface area contributed by atoms with Crippen LogP contribution < -0.4 is 0 Å². The highest BCUT2D eigenvalue weighted by atomic mass is 79.9. The van der Waals surface area contributed by atoms with Gasteiger partial charge in [-0.05, 0) is 27.4 Å². The van der Waals surface area contributed by atoms with Crippen molar-refractivity contribution in [1.29, 1.82) is 0 Å². The van der Waals surface area contributed by atoms with Crippen LogP contribution in [0.5, 0.6) is 0 Å². The predicted molar refractivity (Wildman–Crippen MR) is 59.3 cm³/mol. The Kier molecular flexibility index (Phi) is 2.71. The summed E-state index contributed by atoms with van der Waals surface area (Å²) >= 11 is 4.94. The Morgan fingerprint density at radius 1 is 1.57 bits per heavy atom. The summed E-state index contributed by atoms with van der Waals surface area (Å²) in [6.07, 6.45) is 1.18. The van der Waals surface area contributed by atoms with Gasteiger partial charge in [-0.25, -0.2) is 0 Å². The number of hydrogen-bond acceptors (Lipinski definition) is 3. The first-order valence-electron chi connectivity index (χ1n) is 4.07. The molecule has 3 nitrogen and oxygen atoms in total. The van der Waals surface area contributed by atoms with Crippen molar-refractivity contribution in [2.45, 2.75) is 6.10 Å². The van der Waals surface area contributed by atoms with Crippen molar-refractivity contribution in [3.8, 4) is 0 Å². The molecule has 2 aromatic heterocycles. The normalized spacial score (nSPS) is 13.1. The minimum atomic E-state index is -0.642. The van der Waals surface area contributed by atoms with Gasteiger partial charge in [-0.1, -0.05) is 0 Å². The molecule has 0 aliphatic carbocycles. The minimum Gasteiger partial charge on any atom is -0.382 e. The van der Waals surface area contributed by atoms with Gasteiger partial charge in [-0.2, -0.15) is 16.4 Å². The van der Waals surface area contributed by atoms with E-state index in [0.29, 0.717) is 5.69 Å². The van der Waals surface area contributed by atoms with Crippen molar-refractivity contribution < 1.29 is 5.11 Å². The van der Waals surface area contributed by atoms with Gasteiger partial charge < -0.3 is 5.11 Å². The zero-order valence-corrected chi connectivity index (χ0v) is 9.92. The second-order valence-electron chi connectivity index (χ2n) is 2.99. The third-order valence-corrected chi connectivity index (χ3v) is 3.70. The number of aliphatic hydroxyl groups is 1. The molecule has 2 rings (SSSR count). The number of aryl methyl sites for hydroxylation is 1. The molecule has 0 saturated carbocycles. The average molecular weight is 273 g/mol. The third-order valence-electron chi connectivity index (χ3n) is 1.95. The molecule has 0 spiro atoms. The molecule has 0 aliphatic heterocycles. The summed E-state index contributed by atoms with van der Waals surface area (Å²) in [5.74, 6) is 0. The molecule has 74 valence electrons. The van der Waals surface area contributed by atoms with Gasteiger partial charge in [-0.15, -0.1) is 0 Å². The summed E-state index contributed by atoms with van der Waals surface area (Å²) in [4.78, 5) is 0. The van der Waals surface area contributed by atoms with E-state index in [1.165, 1.54) is 0 Å². The molecule has 0 radical (unpaired) electrons. The largest absolute Gasteiger partial charge is 0.382 e. The fourth-order valence-corrected chi connectivity index (χ4v) is 2.76. The maximum Gasteiger partial charge on any atom is 0.125 e. The highest BCUT2D eigenvalue weighted by molar-refractivity contribution is 9.10. The highest BCUT2D eigenvalue weighted by Gasteiger charge is 2.16. The van der Waals surface area contributed by atoms with E-state index in [4.69, 9.17) is 0 Å². The van der Waals surface area contributed by atoms with E-state index in [1.54, 1.807) is 16.0 Å². The molecule has 5 heteroatoms. The van der Waals surface area contributed by atoms with Gasteiger partial charge in [0, 0.05) is 28.7 Å². The monoisotopic (exact) mass is 272 g/mol. The summed E-state index contributed by atoms with van der Waals surface area (Å²) in [7, 11) is 1.83. The lowest BCUT2D eigenvalue weighted by molar-refractivity contribution is 0.214. The molecule has 1 unspecified atom stereocenters. The Morgan fingerprint density at radius 2 is 2.36 bits per heavy atom. The van der Waals surface area contributed by atoms with E-state index >= 15 is 0 Å². The number of halogens is 1. The van der Waals surface area contributed by atoms with Crippen molar-refractivity contribution in [3.05, 3.63) is 38.8 Å². The predicted octanol–water partition coefficient (Wildman–Crippen LogP) is 2.33. The lowest BCUT2D eigenvalue weighted by Gasteiger charge is -2.05. The Morgan fingerprint density at radius 3 is 2.86 bits per heavy atom. The zero-order chi connectivity index (χ0) is 10.1. The van der Waals surface area contributed by atoms with Gasteiger partial charge >= 0.3 is 0 Å². The first-order chi connectivity index (χ1) is 6.68. The van der Waals surface area contributed by atoms with Crippen LogP contribution in [0, 0.1) is 0 Å². The summed E-state index contributed by atoms with van der Waals surface area (Å²) in [6.45, 7) is 0. The molecular formula is C9H9BrN2OS. The molecule has 1 N–H and O–H groups in total. The van der Waals surface area contributed by atoms with E-state index in [9.17, 15) is 5.11 Å². The maximum absolute atomic E-state index is 9.98. The van der Waals surface area contributed by atoms with Gasteiger partial charge in [0.2, 0.25) is 0 Å². The summed E-state index contributed by atoms with van der Waals surface area (Å²) in [5, 5.41) is 18.0. The van der Waals surface area contributed by atoms with Crippen molar-refractivity contribution in [3.63, 3.8) is 0 Å². The van der Waals surface area contributed by atoms with E-state index in [1.807, 2.05) is 30.1 Å². The van der Waals surface area contributed by atoms with Crippen LogP contribution in [0.15, 0.2) is 27.5 Å². The molecule has 0 bridgehead atoms. The summed E-state index contributed by atoms with van der Waals surface area (Å²) < 4.78 is 2.61. The molecule has 2 heterocycles. The van der Waals surface area contributed by atoms with E-state index in [-0.39, 0.29) is 0 Å². The standard InChI is InChI=1S/C9H9BrN2OS/c1-12-3-2-8(11-12)9(13)6-4-14-5-7(6)10/h2-5,9,13H,1H3. The minimum absolute atomic E-state index is 0.642. The first-order valence-corrected chi connectivity index (χ1v) is 5.81. The molecule has 0 aromatic carbocycles. The van der Waals surface area contributed by atoms with E-state index in [0.717, 1.165) is 10.0 Å². The average Bonchev–Trinajstić information content (AvgIpc) is 2.73. The third kappa shape index (κ3) is 1.75. The van der Waals surface area contributed by atoms with Crippen LogP contribution in [0.4, 0.5) is 0 Å². The Hall–Kier alpha value is -0.650. The first kappa shape index (κ1) is 9.89. The van der Waals surface area contributed by atoms with Crippen molar-refractivity contribution in [2.24, 2.45) is 7.05 Å². The van der Waals surface area contributed by atoms with Gasteiger partial charge in [0.15, 0.2) is 0 Å². The Balaban J connectivity index is 2.33. The zero-order valence-electron chi connectivity index (χ0n) is 7.51. The van der Waals surface area contributed by atoms with Crippen LogP contribution in [0.3, 0.4) is 0 Å². The van der Waals surface area contributed by atoms with Crippen molar-refractivity contribution in [1.82, 2.24) is 9.78 Å². The fraction of sp³-hybridized carbons (Fsp3) is 0.222. The SMILES string of the molecule is Cn1ccc(C(O)c2cscc2Br)n1. The lowest BCUT2D eigenvalue weighted by atomic mass is 10.1. The lowest BCUT2D eigenvalue weighted by Crippen LogP contribution is -2.01. The molecule has 0 amide bonds. The quantitative estimate of drug-likeness (QED) is 0.911. The Labute approximate surface area is 94.1 Å². The number of nitrogens with zero attached hydrogens (tertiary/aromatic N) is 2. The molecule has 2 aromatic rings. The van der Waals surface area contributed by atoms with Crippen LogP contribution >= 0.6 is 27.3 Å². The maximum atomic E-state index is 9.98. The van der Waals surface area contributed by atoms with Gasteiger partial charge in [0.05, 0.1) is 5.69 Å². The molecule has 1 atom stereocenters. The van der Waals surface area contributed by atoms with Gasteiger partial charge in [-0.3, -0.25) is 4.68 Å². The fourth-order valence-electron chi connectivity index (χ4n) is 1.22. The highest BCUT2D eigenvalue weighted by Crippen LogP contribution is 2.30. The molecule has 0 saturated heterocycles. The second kappa shape index (κ2) is 3.84. The van der Waals surface area contributed by atoms with Crippen LogP contribution in [-0.4, -0.2) is 14.9 Å². The van der Waals surface area contributed by atoms with Crippen LogP contribution in [0.1, 0.15) is 17.4 Å². The second-order valence-corrected chi connectivity index (χ2v) is 4.59. The smallest absolute Gasteiger partial charge is 0.125 e. The molecular weight excluding hydrogens is 264 g/mol. The van der Waals surface area contributed by atoms with Crippen molar-refractivity contribution >= 4 is 27.3 Å². The van der Waals surface area contributed by atoms with Crippen LogP contribution in [0.25, 0.3) is 0 Å². The van der Waals surface area contributed by atoms with Gasteiger partial charge in [0.25, 0.3) is 0 Å². The van der Waals surface area contributed by atoms with Crippen LogP contribution in [0.2, 0.25) is 0 Å². The van der Waals surface area contributed by atoms with E-state index < -0.39 is 6.10 Å². The van der Waals surface area contributed by atoms with E-state index in [2.05, 4.69) is 21.0 Å². The summed E-state index contributed by atoms with van der Waals surface area (Å²) in [6, 6.07) is 1.81. The molecule has 0 fully saturated rings. The van der Waals surface area contributed by atoms with Gasteiger partial charge in [0.1, 0.15) is 6.10 Å².